The van der Waals surface area contributed by atoms with Gasteiger partial charge < -0.3 is 24.0 Å². The molecule has 0 spiro atoms. The summed E-state index contributed by atoms with van der Waals surface area (Å²) in [5.41, 5.74) is 3.57. The highest BCUT2D eigenvalue weighted by atomic mass is 16.5. The minimum atomic E-state index is -0.349. The fourth-order valence-corrected chi connectivity index (χ4v) is 5.63. The second-order valence-electron chi connectivity index (χ2n) is 9.50. The molecule has 0 bridgehead atoms. The Morgan fingerprint density at radius 3 is 2.41 bits per heavy atom. The molecule has 1 atom stereocenters. The van der Waals surface area contributed by atoms with E-state index in [-0.39, 0.29) is 24.4 Å². The van der Waals surface area contributed by atoms with Crippen LogP contribution in [0.2, 0.25) is 0 Å². The lowest BCUT2D eigenvalue weighted by molar-refractivity contribution is -0.132. The summed E-state index contributed by atoms with van der Waals surface area (Å²) >= 11 is 0. The van der Waals surface area contributed by atoms with Gasteiger partial charge in [-0.2, -0.15) is 0 Å². The Hall–Kier alpha value is -4.33. The molecule has 8 nitrogen and oxygen atoms in total. The number of rotatable bonds is 5. The molecular formula is C29H29N5O3. The smallest absolute Gasteiger partial charge is 0.272 e. The molecule has 2 aromatic carbocycles. The van der Waals surface area contributed by atoms with Gasteiger partial charge in [-0.05, 0) is 35.9 Å². The Morgan fingerprint density at radius 2 is 1.70 bits per heavy atom. The number of ether oxygens (including phenoxy) is 1. The molecule has 188 valence electrons. The molecule has 0 radical (unpaired) electrons. The SMILES string of the molecule is COc1ccc(C2c3c(n(C)c4ccccc34)C(=O)N2CC(=O)N2CCN(c3ccccn3)CC2)cc1. The zero-order chi connectivity index (χ0) is 25.5. The molecule has 4 heterocycles. The highest BCUT2D eigenvalue weighted by Crippen LogP contribution is 2.44. The number of nitrogens with zero attached hydrogens (tertiary/aromatic N) is 5. The van der Waals surface area contributed by atoms with E-state index >= 15 is 0 Å². The van der Waals surface area contributed by atoms with Gasteiger partial charge in [-0.25, -0.2) is 4.98 Å². The minimum absolute atomic E-state index is 0.0299. The monoisotopic (exact) mass is 495 g/mol. The Morgan fingerprint density at radius 1 is 0.973 bits per heavy atom. The number of aromatic nitrogens is 2. The predicted molar refractivity (Wildman–Crippen MR) is 142 cm³/mol. The second-order valence-corrected chi connectivity index (χ2v) is 9.50. The van der Waals surface area contributed by atoms with E-state index in [1.165, 1.54) is 0 Å². The maximum Gasteiger partial charge on any atom is 0.272 e. The molecule has 37 heavy (non-hydrogen) atoms. The number of hydrogen-bond donors (Lipinski definition) is 0. The van der Waals surface area contributed by atoms with Crippen LogP contribution in [0.4, 0.5) is 5.82 Å². The van der Waals surface area contributed by atoms with E-state index in [2.05, 4.69) is 16.0 Å². The molecule has 0 N–H and O–H groups in total. The van der Waals surface area contributed by atoms with Crippen LogP contribution in [0, 0.1) is 0 Å². The summed E-state index contributed by atoms with van der Waals surface area (Å²) in [5.74, 6) is 1.52. The molecule has 2 aliphatic heterocycles. The summed E-state index contributed by atoms with van der Waals surface area (Å²) in [6.45, 7) is 2.65. The second kappa shape index (κ2) is 9.28. The summed E-state index contributed by atoms with van der Waals surface area (Å²) < 4.78 is 7.31. The molecule has 1 unspecified atom stereocenters. The number of carbonyl (C=O) groups is 2. The number of fused-ring (bicyclic) bond motifs is 3. The van der Waals surface area contributed by atoms with Crippen molar-refractivity contribution in [3.05, 3.63) is 89.7 Å². The number of para-hydroxylation sites is 1. The van der Waals surface area contributed by atoms with Gasteiger partial charge in [0.25, 0.3) is 5.91 Å². The lowest BCUT2D eigenvalue weighted by atomic mass is 9.98. The molecule has 1 fully saturated rings. The number of pyridine rings is 1. The van der Waals surface area contributed by atoms with Crippen molar-refractivity contribution in [3.8, 4) is 5.75 Å². The van der Waals surface area contributed by atoms with E-state index in [1.54, 1.807) is 18.2 Å². The van der Waals surface area contributed by atoms with Crippen molar-refractivity contribution in [1.82, 2.24) is 19.4 Å². The van der Waals surface area contributed by atoms with Gasteiger partial charge in [0, 0.05) is 55.9 Å². The molecule has 0 saturated carbocycles. The van der Waals surface area contributed by atoms with Crippen molar-refractivity contribution in [1.29, 1.82) is 0 Å². The predicted octanol–water partition coefficient (Wildman–Crippen LogP) is 3.48. The third-order valence-electron chi connectivity index (χ3n) is 7.54. The maximum absolute atomic E-state index is 13.8. The molecule has 4 aromatic rings. The average Bonchev–Trinajstić information content (AvgIpc) is 3.41. The molecule has 0 aliphatic carbocycles. The van der Waals surface area contributed by atoms with E-state index < -0.39 is 0 Å². The summed E-state index contributed by atoms with van der Waals surface area (Å²) in [6.07, 6.45) is 1.78. The van der Waals surface area contributed by atoms with Crippen molar-refractivity contribution in [2.75, 3.05) is 44.7 Å². The largest absolute Gasteiger partial charge is 0.497 e. The fraction of sp³-hybridized carbons (Fsp3) is 0.276. The van der Waals surface area contributed by atoms with E-state index in [0.29, 0.717) is 31.9 Å². The number of anilines is 1. The molecule has 2 aromatic heterocycles. The third kappa shape index (κ3) is 3.89. The summed E-state index contributed by atoms with van der Waals surface area (Å²) in [7, 11) is 3.56. The number of carbonyl (C=O) groups excluding carboxylic acids is 2. The molecule has 2 aliphatic rings. The number of methoxy groups -OCH3 is 1. The first-order chi connectivity index (χ1) is 18.1. The highest BCUT2D eigenvalue weighted by Gasteiger charge is 2.43. The van der Waals surface area contributed by atoms with Gasteiger partial charge in [-0.3, -0.25) is 9.59 Å². The Balaban J connectivity index is 1.29. The van der Waals surface area contributed by atoms with Gasteiger partial charge in [0.2, 0.25) is 5.91 Å². The average molecular weight is 496 g/mol. The van der Waals surface area contributed by atoms with Crippen LogP contribution in [-0.2, 0) is 11.8 Å². The van der Waals surface area contributed by atoms with E-state index in [0.717, 1.165) is 33.6 Å². The van der Waals surface area contributed by atoms with Crippen LogP contribution in [0.3, 0.4) is 0 Å². The third-order valence-corrected chi connectivity index (χ3v) is 7.54. The van der Waals surface area contributed by atoms with Crippen LogP contribution in [-0.4, -0.2) is 71.0 Å². The summed E-state index contributed by atoms with van der Waals surface area (Å²) in [5, 5.41) is 1.04. The minimum Gasteiger partial charge on any atom is -0.497 e. The van der Waals surface area contributed by atoms with Crippen LogP contribution >= 0.6 is 0 Å². The van der Waals surface area contributed by atoms with Gasteiger partial charge in [0.1, 0.15) is 23.8 Å². The first-order valence-electron chi connectivity index (χ1n) is 12.5. The lowest BCUT2D eigenvalue weighted by Crippen LogP contribution is -2.51. The number of benzene rings is 2. The van der Waals surface area contributed by atoms with Crippen LogP contribution in [0.1, 0.15) is 27.7 Å². The number of hydrogen-bond acceptors (Lipinski definition) is 5. The van der Waals surface area contributed by atoms with Crippen LogP contribution < -0.4 is 9.64 Å². The van der Waals surface area contributed by atoms with E-state index in [4.69, 9.17) is 4.74 Å². The molecular weight excluding hydrogens is 466 g/mol. The Bertz CT molecular complexity index is 1460. The topological polar surface area (TPSA) is 70.9 Å². The van der Waals surface area contributed by atoms with Crippen molar-refractivity contribution in [2.45, 2.75) is 6.04 Å². The molecule has 1 saturated heterocycles. The molecule has 6 rings (SSSR count). The Kier molecular flexibility index (Phi) is 5.79. The zero-order valence-corrected chi connectivity index (χ0v) is 21.0. The zero-order valence-electron chi connectivity index (χ0n) is 21.0. The maximum atomic E-state index is 13.8. The van der Waals surface area contributed by atoms with Crippen molar-refractivity contribution >= 4 is 28.5 Å². The number of aryl methyl sites for hydroxylation is 1. The van der Waals surface area contributed by atoms with Crippen LogP contribution in [0.5, 0.6) is 5.75 Å². The van der Waals surface area contributed by atoms with Gasteiger partial charge >= 0.3 is 0 Å². The summed E-state index contributed by atoms with van der Waals surface area (Å²) in [4.78, 5) is 37.6. The number of amides is 2. The van der Waals surface area contributed by atoms with Crippen molar-refractivity contribution in [2.24, 2.45) is 7.05 Å². The standard InChI is InChI=1S/C29H29N5O3/c1-31-23-8-4-3-7-22(23)26-27(20-10-12-21(37-2)13-11-20)34(29(36)28(26)31)19-25(35)33-17-15-32(16-18-33)24-9-5-6-14-30-24/h3-14,27H,15-19H2,1-2H3. The first-order valence-corrected chi connectivity index (χ1v) is 12.5. The first kappa shape index (κ1) is 23.1. The summed E-state index contributed by atoms with van der Waals surface area (Å²) in [6, 6.07) is 21.3. The van der Waals surface area contributed by atoms with Gasteiger partial charge in [-0.1, -0.05) is 36.4 Å². The fourth-order valence-electron chi connectivity index (χ4n) is 5.63. The van der Waals surface area contributed by atoms with Crippen molar-refractivity contribution < 1.29 is 14.3 Å². The van der Waals surface area contributed by atoms with Gasteiger partial charge in [0.05, 0.1) is 13.2 Å². The van der Waals surface area contributed by atoms with Gasteiger partial charge in [-0.15, -0.1) is 0 Å². The highest BCUT2D eigenvalue weighted by molar-refractivity contribution is 6.07. The molecule has 2 amide bonds. The quantitative estimate of drug-likeness (QED) is 0.424. The normalized spacial score (nSPS) is 17.4. The van der Waals surface area contributed by atoms with E-state index in [1.807, 2.05) is 77.2 Å². The van der Waals surface area contributed by atoms with Crippen LogP contribution in [0.15, 0.2) is 72.9 Å². The number of piperazine rings is 1. The lowest BCUT2D eigenvalue weighted by Gasteiger charge is -2.36. The Labute approximate surface area is 215 Å². The van der Waals surface area contributed by atoms with Gasteiger partial charge in [0.15, 0.2) is 0 Å². The van der Waals surface area contributed by atoms with Crippen LogP contribution in [0.25, 0.3) is 10.9 Å². The molecule has 8 heteroatoms. The van der Waals surface area contributed by atoms with E-state index in [9.17, 15) is 9.59 Å². The van der Waals surface area contributed by atoms with Crippen molar-refractivity contribution in [3.63, 3.8) is 0 Å².